The van der Waals surface area contributed by atoms with Crippen molar-refractivity contribution in [3.63, 3.8) is 0 Å². The number of anilines is 1. The van der Waals surface area contributed by atoms with E-state index < -0.39 is 11.6 Å². The molecule has 0 bridgehead atoms. The summed E-state index contributed by atoms with van der Waals surface area (Å²) in [6.07, 6.45) is 4.28. The Morgan fingerprint density at radius 2 is 1.45 bits per heavy atom. The van der Waals surface area contributed by atoms with E-state index in [-0.39, 0.29) is 11.5 Å². The first-order valence-corrected chi connectivity index (χ1v) is 10.9. The van der Waals surface area contributed by atoms with Gasteiger partial charge in [-0.25, -0.2) is 13.5 Å². The third-order valence-corrected chi connectivity index (χ3v) is 5.39. The Hall–Kier alpha value is -3.81. The van der Waals surface area contributed by atoms with Crippen LogP contribution >= 0.6 is 0 Å². The predicted octanol–water partition coefficient (Wildman–Crippen LogP) is 4.98. The number of hydrogen-bond donors (Lipinski definition) is 1. The van der Waals surface area contributed by atoms with Gasteiger partial charge < -0.3 is 0 Å². The van der Waals surface area contributed by atoms with Crippen LogP contribution in [0, 0.1) is 11.6 Å². The number of aromatic amines is 1. The molecular formula is C25H24F2N4O2. The van der Waals surface area contributed by atoms with Gasteiger partial charge >= 0.3 is 0 Å². The zero-order valence-electron chi connectivity index (χ0n) is 18.4. The van der Waals surface area contributed by atoms with E-state index in [0.29, 0.717) is 46.8 Å². The number of H-pyrrole nitrogens is 1. The highest BCUT2D eigenvalue weighted by Crippen LogP contribution is 2.27. The second kappa shape index (κ2) is 9.36. The van der Waals surface area contributed by atoms with Crippen LogP contribution in [0.2, 0.25) is 0 Å². The van der Waals surface area contributed by atoms with Crippen LogP contribution in [0.3, 0.4) is 0 Å². The Bertz CT molecular complexity index is 1290. The molecule has 1 aliphatic heterocycles. The van der Waals surface area contributed by atoms with Crippen molar-refractivity contribution < 1.29 is 13.6 Å². The number of carbonyl (C=O) groups is 1. The maximum absolute atomic E-state index is 13.4. The van der Waals surface area contributed by atoms with Crippen LogP contribution in [0.25, 0.3) is 11.8 Å². The van der Waals surface area contributed by atoms with Crippen LogP contribution in [-0.4, -0.2) is 21.4 Å². The van der Waals surface area contributed by atoms with Gasteiger partial charge in [0.2, 0.25) is 0 Å². The van der Waals surface area contributed by atoms with Gasteiger partial charge in [0.05, 0.1) is 28.2 Å². The lowest BCUT2D eigenvalue weighted by Gasteiger charge is -2.11. The van der Waals surface area contributed by atoms with Gasteiger partial charge in [-0.15, -0.1) is 0 Å². The van der Waals surface area contributed by atoms with Gasteiger partial charge in [0.15, 0.2) is 0 Å². The molecule has 170 valence electrons. The lowest BCUT2D eigenvalue weighted by atomic mass is 10.0. The fourth-order valence-electron chi connectivity index (χ4n) is 3.78. The zero-order chi connectivity index (χ0) is 23.5. The molecular weight excluding hydrogens is 426 g/mol. The number of hydrazone groups is 1. The van der Waals surface area contributed by atoms with E-state index in [1.54, 1.807) is 6.08 Å². The molecule has 0 saturated heterocycles. The van der Waals surface area contributed by atoms with Crippen molar-refractivity contribution in [2.45, 2.75) is 39.5 Å². The Morgan fingerprint density at radius 3 is 2.03 bits per heavy atom. The Morgan fingerprint density at radius 1 is 0.879 bits per heavy atom. The van der Waals surface area contributed by atoms with Gasteiger partial charge in [-0.1, -0.05) is 26.7 Å². The number of aromatic nitrogens is 2. The van der Waals surface area contributed by atoms with Gasteiger partial charge in [-0.05, 0) is 67.4 Å². The average molecular weight is 450 g/mol. The number of nitrogens with zero attached hydrogens (tertiary/aromatic N) is 3. The molecule has 0 aliphatic carbocycles. The molecule has 1 aliphatic rings. The number of nitrogens with one attached hydrogen (secondary N) is 1. The first-order chi connectivity index (χ1) is 15.9. The van der Waals surface area contributed by atoms with Crippen LogP contribution < -0.4 is 10.6 Å². The van der Waals surface area contributed by atoms with Crippen molar-refractivity contribution in [3.8, 4) is 5.69 Å². The van der Waals surface area contributed by atoms with Crippen molar-refractivity contribution in [1.82, 2.24) is 9.78 Å². The summed E-state index contributed by atoms with van der Waals surface area (Å²) in [6.45, 7) is 3.97. The van der Waals surface area contributed by atoms with Crippen LogP contribution in [-0.2, 0) is 11.2 Å². The molecule has 8 heteroatoms. The van der Waals surface area contributed by atoms with Crippen LogP contribution in [0.1, 0.15) is 44.4 Å². The molecule has 1 aromatic heterocycles. The second-order valence-corrected chi connectivity index (χ2v) is 7.82. The molecule has 0 saturated carbocycles. The maximum atomic E-state index is 13.4. The lowest BCUT2D eigenvalue weighted by molar-refractivity contribution is -0.114. The molecule has 0 radical (unpaired) electrons. The van der Waals surface area contributed by atoms with Crippen molar-refractivity contribution in [2.24, 2.45) is 5.10 Å². The number of hydrogen-bond acceptors (Lipinski definition) is 3. The summed E-state index contributed by atoms with van der Waals surface area (Å²) in [7, 11) is 0. The molecule has 3 aromatic rings. The van der Waals surface area contributed by atoms with E-state index in [1.807, 2.05) is 13.8 Å². The number of halogens is 2. The molecule has 6 nitrogen and oxygen atoms in total. The van der Waals surface area contributed by atoms with Gasteiger partial charge in [-0.2, -0.15) is 10.1 Å². The lowest BCUT2D eigenvalue weighted by Crippen LogP contribution is -2.22. The number of amides is 1. The van der Waals surface area contributed by atoms with E-state index in [2.05, 4.69) is 10.2 Å². The molecule has 0 fully saturated rings. The third kappa shape index (κ3) is 4.41. The molecule has 4 rings (SSSR count). The summed E-state index contributed by atoms with van der Waals surface area (Å²) >= 11 is 0. The molecule has 2 aromatic carbocycles. The summed E-state index contributed by atoms with van der Waals surface area (Å²) < 4.78 is 28.1. The molecule has 1 N–H and O–H groups in total. The van der Waals surface area contributed by atoms with Crippen molar-refractivity contribution >= 4 is 23.4 Å². The molecule has 0 spiro atoms. The van der Waals surface area contributed by atoms with E-state index >= 15 is 0 Å². The van der Waals surface area contributed by atoms with Crippen LogP contribution in [0.15, 0.2) is 64.0 Å². The van der Waals surface area contributed by atoms with Crippen molar-refractivity contribution in [1.29, 1.82) is 0 Å². The first-order valence-electron chi connectivity index (χ1n) is 10.9. The Kier molecular flexibility index (Phi) is 6.35. The van der Waals surface area contributed by atoms with Crippen molar-refractivity contribution in [3.05, 3.63) is 87.3 Å². The Balaban J connectivity index is 1.80. The summed E-state index contributed by atoms with van der Waals surface area (Å²) in [5.74, 6) is -1.18. The quantitative estimate of drug-likeness (QED) is 0.516. The molecule has 1 amide bonds. The van der Waals surface area contributed by atoms with Gasteiger partial charge in [-0.3, -0.25) is 14.7 Å². The van der Waals surface area contributed by atoms with Gasteiger partial charge in [0, 0.05) is 5.69 Å². The summed E-state index contributed by atoms with van der Waals surface area (Å²) in [5.41, 5.74) is 2.57. The monoisotopic (exact) mass is 450 g/mol. The largest absolute Gasteiger partial charge is 0.294 e. The maximum Gasteiger partial charge on any atom is 0.280 e. The minimum absolute atomic E-state index is 0.332. The summed E-state index contributed by atoms with van der Waals surface area (Å²) in [5, 5.41) is 8.80. The van der Waals surface area contributed by atoms with Crippen LogP contribution in [0.5, 0.6) is 0 Å². The summed E-state index contributed by atoms with van der Waals surface area (Å²) in [6, 6.07) is 11.1. The van der Waals surface area contributed by atoms with E-state index in [4.69, 9.17) is 0 Å². The number of aryl methyl sites for hydroxylation is 1. The zero-order valence-corrected chi connectivity index (χ0v) is 18.4. The smallest absolute Gasteiger partial charge is 0.280 e. The highest BCUT2D eigenvalue weighted by atomic mass is 19.1. The summed E-state index contributed by atoms with van der Waals surface area (Å²) in [4.78, 5) is 26.5. The molecule has 2 heterocycles. The van der Waals surface area contributed by atoms with Crippen LogP contribution in [0.4, 0.5) is 14.5 Å². The van der Waals surface area contributed by atoms with E-state index in [0.717, 1.165) is 12.8 Å². The third-order valence-electron chi connectivity index (χ3n) is 5.39. The highest BCUT2D eigenvalue weighted by molar-refractivity contribution is 6.32. The second-order valence-electron chi connectivity index (χ2n) is 7.82. The van der Waals surface area contributed by atoms with Crippen molar-refractivity contribution in [2.75, 3.05) is 5.01 Å². The fourth-order valence-corrected chi connectivity index (χ4v) is 3.78. The molecule has 33 heavy (non-hydrogen) atoms. The van der Waals surface area contributed by atoms with E-state index in [1.165, 1.54) is 58.2 Å². The Labute approximate surface area is 189 Å². The fraction of sp³-hybridized carbons (Fsp3) is 0.240. The number of carbonyl (C=O) groups excluding carboxylic acids is 1. The number of benzene rings is 2. The van der Waals surface area contributed by atoms with Gasteiger partial charge in [0.1, 0.15) is 11.6 Å². The average Bonchev–Trinajstić information content (AvgIpc) is 3.27. The minimum Gasteiger partial charge on any atom is -0.294 e. The molecule has 0 unspecified atom stereocenters. The number of rotatable bonds is 7. The SMILES string of the molecule is CCCC1=NN(c2ccc(F)cc2)C(=O)/C1=C/c1c(CCC)[nH]n(-c2ccc(F)cc2)c1=O. The first kappa shape index (κ1) is 22.4. The van der Waals surface area contributed by atoms with E-state index in [9.17, 15) is 18.4 Å². The molecule has 0 atom stereocenters. The standard InChI is InChI=1S/C25H24F2N4O2/c1-3-5-22-20(24(32)30(28-22)18-11-7-16(26)8-12-18)15-21-23(6-4-2)29-31(25(21)33)19-13-9-17(27)10-14-19/h7-15,28H,3-6H2,1-2H3/b21-15+. The minimum atomic E-state index is -0.406. The highest BCUT2D eigenvalue weighted by Gasteiger charge is 2.31. The topological polar surface area (TPSA) is 70.5 Å². The predicted molar refractivity (Wildman–Crippen MR) is 125 cm³/mol. The van der Waals surface area contributed by atoms with Gasteiger partial charge in [0.25, 0.3) is 11.5 Å². The normalized spacial score (nSPS) is 14.9.